The second kappa shape index (κ2) is 7.52. The van der Waals surface area contributed by atoms with Gasteiger partial charge in [0.2, 0.25) is 5.91 Å². The molecule has 5 rings (SSSR count). The quantitative estimate of drug-likeness (QED) is 0.779. The smallest absolute Gasteiger partial charge is 0.226 e. The van der Waals surface area contributed by atoms with E-state index in [0.29, 0.717) is 11.8 Å². The first-order valence-corrected chi connectivity index (χ1v) is 10.8. The highest BCUT2D eigenvalue weighted by Gasteiger charge is 2.50. The zero-order valence-electron chi connectivity index (χ0n) is 16.9. The van der Waals surface area contributed by atoms with Crippen LogP contribution in [0.3, 0.4) is 0 Å². The molecule has 0 spiro atoms. The summed E-state index contributed by atoms with van der Waals surface area (Å²) in [7, 11) is 0. The highest BCUT2D eigenvalue weighted by atomic mass is 19.1. The number of benzene rings is 1. The normalized spacial score (nSPS) is 27.2. The summed E-state index contributed by atoms with van der Waals surface area (Å²) in [6, 6.07) is 6.81. The molecule has 2 saturated heterocycles. The monoisotopic (exact) mass is 397 g/mol. The summed E-state index contributed by atoms with van der Waals surface area (Å²) in [5.74, 6) is 1.95. The lowest BCUT2D eigenvalue weighted by Crippen LogP contribution is -2.41. The van der Waals surface area contributed by atoms with Crippen LogP contribution in [0.2, 0.25) is 0 Å². The summed E-state index contributed by atoms with van der Waals surface area (Å²) in [4.78, 5) is 17.6. The van der Waals surface area contributed by atoms with E-state index in [4.69, 9.17) is 0 Å². The van der Waals surface area contributed by atoms with Gasteiger partial charge < -0.3 is 9.47 Å². The minimum Gasteiger partial charge on any atom is -0.335 e. The summed E-state index contributed by atoms with van der Waals surface area (Å²) in [5, 5.41) is 8.32. The maximum Gasteiger partial charge on any atom is 0.226 e. The number of hydrogen-bond donors (Lipinski definition) is 0. The Kier molecular flexibility index (Phi) is 4.86. The van der Waals surface area contributed by atoms with E-state index in [0.717, 1.165) is 63.4 Å². The van der Waals surface area contributed by atoms with E-state index in [1.54, 1.807) is 18.5 Å². The van der Waals surface area contributed by atoms with Crippen molar-refractivity contribution < 1.29 is 9.18 Å². The Labute approximate surface area is 170 Å². The van der Waals surface area contributed by atoms with Gasteiger partial charge in [-0.3, -0.25) is 9.69 Å². The molecule has 29 heavy (non-hydrogen) atoms. The molecule has 0 unspecified atom stereocenters. The number of halogens is 1. The van der Waals surface area contributed by atoms with Gasteiger partial charge in [0, 0.05) is 38.0 Å². The number of carbonyl (C=O) groups excluding carboxylic acids is 1. The summed E-state index contributed by atoms with van der Waals surface area (Å²) in [6.07, 6.45) is 4.92. The van der Waals surface area contributed by atoms with E-state index >= 15 is 0 Å². The molecule has 3 aliphatic rings. The minimum atomic E-state index is -0.229. The lowest BCUT2D eigenvalue weighted by molar-refractivity contribution is -0.139. The van der Waals surface area contributed by atoms with Gasteiger partial charge in [-0.15, -0.1) is 10.2 Å². The Morgan fingerprint density at radius 2 is 2.10 bits per heavy atom. The van der Waals surface area contributed by atoms with Crippen molar-refractivity contribution >= 4 is 5.91 Å². The molecule has 1 aromatic carbocycles. The van der Waals surface area contributed by atoms with Crippen molar-refractivity contribution in [3.8, 4) is 0 Å². The van der Waals surface area contributed by atoms with Crippen LogP contribution in [0.4, 0.5) is 4.39 Å². The molecule has 1 aromatic heterocycles. The average molecular weight is 397 g/mol. The Bertz CT molecular complexity index is 895. The van der Waals surface area contributed by atoms with E-state index in [-0.39, 0.29) is 23.7 Å². The zero-order chi connectivity index (χ0) is 20.0. The van der Waals surface area contributed by atoms with Crippen LogP contribution in [-0.2, 0) is 17.9 Å². The van der Waals surface area contributed by atoms with E-state index in [9.17, 15) is 9.18 Å². The van der Waals surface area contributed by atoms with Crippen molar-refractivity contribution in [2.45, 2.75) is 45.3 Å². The van der Waals surface area contributed by atoms with Crippen molar-refractivity contribution in [2.75, 3.05) is 19.6 Å². The van der Waals surface area contributed by atoms with Gasteiger partial charge in [-0.2, -0.15) is 0 Å². The Balaban J connectivity index is 1.38. The summed E-state index contributed by atoms with van der Waals surface area (Å²) >= 11 is 0. The molecular formula is C22H28FN5O. The topological polar surface area (TPSA) is 54.3 Å². The SMILES string of the molecule is CCn1cnnc1CN1C[C@H]2CN(C(=O)C3CCC3)[C@H](c3cccc(F)c3)[C@H]2C1. The Hall–Kier alpha value is -2.28. The molecule has 1 saturated carbocycles. The van der Waals surface area contributed by atoms with E-state index in [1.165, 1.54) is 6.07 Å². The second-order valence-corrected chi connectivity index (χ2v) is 8.77. The maximum absolute atomic E-state index is 14.0. The van der Waals surface area contributed by atoms with Crippen LogP contribution in [0.25, 0.3) is 0 Å². The first-order chi connectivity index (χ1) is 14.1. The third-order valence-electron chi connectivity index (χ3n) is 7.07. The first kappa shape index (κ1) is 18.7. The molecule has 3 fully saturated rings. The number of nitrogens with zero attached hydrogens (tertiary/aromatic N) is 5. The Morgan fingerprint density at radius 3 is 2.83 bits per heavy atom. The molecular weight excluding hydrogens is 369 g/mol. The van der Waals surface area contributed by atoms with Gasteiger partial charge in [-0.25, -0.2) is 4.39 Å². The standard InChI is InChI=1S/C22H28FN5O/c1-2-27-14-24-25-20(27)13-26-10-17-11-28(22(29)15-5-3-6-15)21(19(17)12-26)16-7-4-8-18(23)9-16/h4,7-9,14-15,17,19,21H,2-3,5-6,10-13H2,1H3/t17-,19-,21+/m0/s1. The molecule has 2 aromatic rings. The van der Waals surface area contributed by atoms with Crippen LogP contribution in [-0.4, -0.2) is 50.1 Å². The number of hydrogen-bond acceptors (Lipinski definition) is 4. The molecule has 6 nitrogen and oxygen atoms in total. The summed E-state index contributed by atoms with van der Waals surface area (Å²) < 4.78 is 16.1. The predicted octanol–water partition coefficient (Wildman–Crippen LogP) is 2.87. The maximum atomic E-state index is 14.0. The van der Waals surface area contributed by atoms with Gasteiger partial charge in [0.1, 0.15) is 18.0 Å². The lowest BCUT2D eigenvalue weighted by atomic mass is 9.83. The molecule has 1 amide bonds. The van der Waals surface area contributed by atoms with Crippen molar-refractivity contribution in [1.82, 2.24) is 24.6 Å². The second-order valence-electron chi connectivity index (χ2n) is 8.77. The van der Waals surface area contributed by atoms with Crippen molar-refractivity contribution in [2.24, 2.45) is 17.8 Å². The largest absolute Gasteiger partial charge is 0.335 e. The fraction of sp³-hybridized carbons (Fsp3) is 0.591. The number of rotatable bonds is 5. The van der Waals surface area contributed by atoms with E-state index < -0.39 is 0 Å². The fourth-order valence-electron chi connectivity index (χ4n) is 5.37. The van der Waals surface area contributed by atoms with Crippen molar-refractivity contribution in [1.29, 1.82) is 0 Å². The molecule has 0 bridgehead atoms. The van der Waals surface area contributed by atoms with Crippen molar-refractivity contribution in [3.05, 3.63) is 47.8 Å². The first-order valence-electron chi connectivity index (χ1n) is 10.8. The number of likely N-dealkylation sites (tertiary alicyclic amines) is 2. The Morgan fingerprint density at radius 1 is 1.24 bits per heavy atom. The molecule has 3 heterocycles. The van der Waals surface area contributed by atoms with Gasteiger partial charge in [-0.05, 0) is 43.4 Å². The molecule has 2 aliphatic heterocycles. The highest BCUT2D eigenvalue weighted by Crippen LogP contribution is 2.47. The number of aromatic nitrogens is 3. The van der Waals surface area contributed by atoms with Gasteiger partial charge in [0.05, 0.1) is 12.6 Å². The summed E-state index contributed by atoms with van der Waals surface area (Å²) in [6.45, 7) is 6.35. The minimum absolute atomic E-state index is 0.0298. The van der Waals surface area contributed by atoms with Gasteiger partial charge in [0.15, 0.2) is 0 Å². The van der Waals surface area contributed by atoms with Crippen LogP contribution in [0.1, 0.15) is 43.6 Å². The highest BCUT2D eigenvalue weighted by molar-refractivity contribution is 5.80. The number of carbonyl (C=O) groups is 1. The van der Waals surface area contributed by atoms with Gasteiger partial charge in [-0.1, -0.05) is 18.6 Å². The average Bonchev–Trinajstić information content (AvgIpc) is 3.34. The van der Waals surface area contributed by atoms with E-state index in [2.05, 4.69) is 31.5 Å². The van der Waals surface area contributed by atoms with E-state index in [1.807, 2.05) is 6.07 Å². The van der Waals surface area contributed by atoms with Crippen LogP contribution < -0.4 is 0 Å². The molecule has 3 atom stereocenters. The summed E-state index contributed by atoms with van der Waals surface area (Å²) in [5.41, 5.74) is 0.934. The lowest BCUT2D eigenvalue weighted by Gasteiger charge is -2.35. The van der Waals surface area contributed by atoms with Crippen LogP contribution in [0, 0.1) is 23.6 Å². The number of aryl methyl sites for hydroxylation is 1. The molecule has 154 valence electrons. The van der Waals surface area contributed by atoms with Crippen LogP contribution in [0.15, 0.2) is 30.6 Å². The van der Waals surface area contributed by atoms with Gasteiger partial charge >= 0.3 is 0 Å². The van der Waals surface area contributed by atoms with Gasteiger partial charge in [0.25, 0.3) is 0 Å². The number of amides is 1. The zero-order valence-corrected chi connectivity index (χ0v) is 16.9. The van der Waals surface area contributed by atoms with Crippen molar-refractivity contribution in [3.63, 3.8) is 0 Å². The molecule has 1 aliphatic carbocycles. The molecule has 7 heteroatoms. The van der Waals surface area contributed by atoms with Crippen LogP contribution in [0.5, 0.6) is 0 Å². The molecule has 0 radical (unpaired) electrons. The van der Waals surface area contributed by atoms with Crippen LogP contribution >= 0.6 is 0 Å². The number of fused-ring (bicyclic) bond motifs is 1. The third kappa shape index (κ3) is 3.35. The fourth-order valence-corrected chi connectivity index (χ4v) is 5.37. The predicted molar refractivity (Wildman–Crippen MR) is 106 cm³/mol. The third-order valence-corrected chi connectivity index (χ3v) is 7.07. The molecule has 0 N–H and O–H groups in total.